The molecule has 1 unspecified atom stereocenters. The van der Waals surface area contributed by atoms with Crippen molar-refractivity contribution in [2.75, 3.05) is 24.8 Å². The van der Waals surface area contributed by atoms with Crippen LogP contribution in [0.3, 0.4) is 0 Å². The van der Waals surface area contributed by atoms with E-state index in [-0.39, 0.29) is 6.10 Å². The van der Waals surface area contributed by atoms with E-state index >= 15 is 0 Å². The van der Waals surface area contributed by atoms with Crippen LogP contribution in [0, 0.1) is 0 Å². The predicted molar refractivity (Wildman–Crippen MR) is 70.5 cm³/mol. The first-order valence-electron chi connectivity index (χ1n) is 5.10. The number of alkyl halides is 1. The monoisotopic (exact) mass is 320 g/mol. The van der Waals surface area contributed by atoms with Crippen LogP contribution in [0.5, 0.6) is 0 Å². The van der Waals surface area contributed by atoms with Crippen molar-refractivity contribution in [3.05, 3.63) is 35.9 Å². The minimum atomic E-state index is 0.212. The number of rotatable bonds is 7. The largest absolute Gasteiger partial charge is 0.385 e. The van der Waals surface area contributed by atoms with Crippen LogP contribution >= 0.6 is 22.6 Å². The van der Waals surface area contributed by atoms with Gasteiger partial charge in [0, 0.05) is 24.8 Å². The van der Waals surface area contributed by atoms with E-state index in [2.05, 4.69) is 34.7 Å². The average Bonchev–Trinajstić information content (AvgIpc) is 2.30. The summed E-state index contributed by atoms with van der Waals surface area (Å²) in [6.07, 6.45) is 1.17. The van der Waals surface area contributed by atoms with E-state index in [9.17, 15) is 0 Å². The Bertz CT molecular complexity index is 251. The maximum atomic E-state index is 5.79. The minimum absolute atomic E-state index is 0.212. The highest BCUT2D eigenvalue weighted by molar-refractivity contribution is 14.1. The van der Waals surface area contributed by atoms with E-state index in [4.69, 9.17) is 9.47 Å². The van der Waals surface area contributed by atoms with Gasteiger partial charge in [-0.3, -0.25) is 0 Å². The normalized spacial score (nSPS) is 12.7. The second-order valence-electron chi connectivity index (χ2n) is 3.27. The Morgan fingerprint density at radius 1 is 1.20 bits per heavy atom. The fourth-order valence-corrected chi connectivity index (χ4v) is 2.09. The molecule has 0 saturated carbocycles. The van der Waals surface area contributed by atoms with Gasteiger partial charge < -0.3 is 9.47 Å². The molecule has 0 aromatic heterocycles. The fourth-order valence-electron chi connectivity index (χ4n) is 1.33. The molecule has 0 aliphatic heterocycles. The first-order valence-corrected chi connectivity index (χ1v) is 6.62. The lowest BCUT2D eigenvalue weighted by molar-refractivity contribution is 0.0542. The molecule has 0 amide bonds. The number of methoxy groups -OCH3 is 1. The lowest BCUT2D eigenvalue weighted by atomic mass is 10.1. The van der Waals surface area contributed by atoms with Gasteiger partial charge in [0.25, 0.3) is 0 Å². The van der Waals surface area contributed by atoms with Crippen LogP contribution in [-0.4, -0.2) is 24.8 Å². The Balaban J connectivity index is 2.36. The second-order valence-corrected chi connectivity index (χ2v) is 4.15. The molecule has 0 N–H and O–H groups in total. The first kappa shape index (κ1) is 12.9. The van der Waals surface area contributed by atoms with Crippen molar-refractivity contribution in [2.45, 2.75) is 12.5 Å². The van der Waals surface area contributed by atoms with Crippen LogP contribution < -0.4 is 0 Å². The molecule has 0 spiro atoms. The van der Waals surface area contributed by atoms with Gasteiger partial charge >= 0.3 is 0 Å². The predicted octanol–water partition coefficient (Wildman–Crippen LogP) is 3.22. The van der Waals surface area contributed by atoms with Crippen LogP contribution in [-0.2, 0) is 9.47 Å². The van der Waals surface area contributed by atoms with E-state index in [1.807, 2.05) is 18.2 Å². The van der Waals surface area contributed by atoms with Crippen molar-refractivity contribution in [3.8, 4) is 0 Å². The SMILES string of the molecule is COCCCOC(CI)c1ccccc1. The van der Waals surface area contributed by atoms with Crippen molar-refractivity contribution in [3.63, 3.8) is 0 Å². The Morgan fingerprint density at radius 2 is 1.93 bits per heavy atom. The summed E-state index contributed by atoms with van der Waals surface area (Å²) in [4.78, 5) is 0. The van der Waals surface area contributed by atoms with Crippen LogP contribution in [0.25, 0.3) is 0 Å². The van der Waals surface area contributed by atoms with Gasteiger partial charge in [-0.15, -0.1) is 0 Å². The summed E-state index contributed by atoms with van der Waals surface area (Å²) >= 11 is 2.36. The molecule has 0 aliphatic rings. The molecular weight excluding hydrogens is 303 g/mol. The van der Waals surface area contributed by atoms with Gasteiger partial charge in [0.15, 0.2) is 0 Å². The van der Waals surface area contributed by atoms with Crippen molar-refractivity contribution in [1.82, 2.24) is 0 Å². The molecule has 3 heteroatoms. The van der Waals surface area contributed by atoms with Crippen molar-refractivity contribution in [2.24, 2.45) is 0 Å². The Kier molecular flexibility index (Phi) is 6.96. The molecular formula is C12H17IO2. The smallest absolute Gasteiger partial charge is 0.0914 e. The Morgan fingerprint density at radius 3 is 2.53 bits per heavy atom. The summed E-state index contributed by atoms with van der Waals surface area (Å²) in [5.41, 5.74) is 1.25. The maximum absolute atomic E-state index is 5.79. The molecule has 0 aliphatic carbocycles. The Hall–Kier alpha value is -0.130. The van der Waals surface area contributed by atoms with E-state index < -0.39 is 0 Å². The van der Waals surface area contributed by atoms with Gasteiger partial charge in [-0.05, 0) is 12.0 Å². The Labute approximate surface area is 105 Å². The molecule has 1 atom stereocenters. The van der Waals surface area contributed by atoms with Crippen LogP contribution in [0.4, 0.5) is 0 Å². The van der Waals surface area contributed by atoms with E-state index in [0.29, 0.717) is 0 Å². The van der Waals surface area contributed by atoms with Crippen molar-refractivity contribution in [1.29, 1.82) is 0 Å². The number of benzene rings is 1. The first-order chi connectivity index (χ1) is 7.38. The lowest BCUT2D eigenvalue weighted by Gasteiger charge is -2.15. The number of ether oxygens (including phenoxy) is 2. The molecule has 0 radical (unpaired) electrons. The average molecular weight is 320 g/mol. The second kappa shape index (κ2) is 8.07. The highest BCUT2D eigenvalue weighted by Crippen LogP contribution is 2.19. The molecule has 0 heterocycles. The lowest BCUT2D eigenvalue weighted by Crippen LogP contribution is -2.08. The quantitative estimate of drug-likeness (QED) is 0.436. The molecule has 15 heavy (non-hydrogen) atoms. The third kappa shape index (κ3) is 4.95. The number of hydrogen-bond donors (Lipinski definition) is 0. The topological polar surface area (TPSA) is 18.5 Å². The summed E-state index contributed by atoms with van der Waals surface area (Å²) in [6.45, 7) is 1.53. The van der Waals surface area contributed by atoms with E-state index in [1.54, 1.807) is 7.11 Å². The van der Waals surface area contributed by atoms with Gasteiger partial charge in [0.2, 0.25) is 0 Å². The highest BCUT2D eigenvalue weighted by Gasteiger charge is 2.08. The summed E-state index contributed by atoms with van der Waals surface area (Å²) < 4.78 is 11.8. The fraction of sp³-hybridized carbons (Fsp3) is 0.500. The minimum Gasteiger partial charge on any atom is -0.385 e. The van der Waals surface area contributed by atoms with Gasteiger partial charge in [0.05, 0.1) is 6.10 Å². The molecule has 0 bridgehead atoms. The number of hydrogen-bond acceptors (Lipinski definition) is 2. The third-order valence-electron chi connectivity index (χ3n) is 2.12. The standard InChI is InChI=1S/C12H17IO2/c1-14-8-5-9-15-12(10-13)11-6-3-2-4-7-11/h2-4,6-7,12H,5,8-10H2,1H3. The summed E-state index contributed by atoms with van der Waals surface area (Å²) in [5, 5.41) is 0. The molecule has 84 valence electrons. The summed E-state index contributed by atoms with van der Waals surface area (Å²) in [5.74, 6) is 0. The van der Waals surface area contributed by atoms with Gasteiger partial charge in [-0.1, -0.05) is 52.9 Å². The zero-order valence-corrected chi connectivity index (χ0v) is 11.1. The van der Waals surface area contributed by atoms with Gasteiger partial charge in [0.1, 0.15) is 0 Å². The van der Waals surface area contributed by atoms with Crippen LogP contribution in [0.15, 0.2) is 30.3 Å². The van der Waals surface area contributed by atoms with Crippen LogP contribution in [0.1, 0.15) is 18.1 Å². The highest BCUT2D eigenvalue weighted by atomic mass is 127. The molecule has 1 rings (SSSR count). The van der Waals surface area contributed by atoms with E-state index in [0.717, 1.165) is 24.1 Å². The zero-order valence-electron chi connectivity index (χ0n) is 8.99. The van der Waals surface area contributed by atoms with Crippen LogP contribution in [0.2, 0.25) is 0 Å². The van der Waals surface area contributed by atoms with Crippen molar-refractivity contribution >= 4 is 22.6 Å². The molecule has 0 saturated heterocycles. The molecule has 0 fully saturated rings. The van der Waals surface area contributed by atoms with E-state index in [1.165, 1.54) is 5.56 Å². The summed E-state index contributed by atoms with van der Waals surface area (Å²) in [7, 11) is 1.72. The number of halogens is 1. The van der Waals surface area contributed by atoms with Gasteiger partial charge in [-0.2, -0.15) is 0 Å². The zero-order chi connectivity index (χ0) is 10.9. The molecule has 2 nitrogen and oxygen atoms in total. The van der Waals surface area contributed by atoms with Gasteiger partial charge in [-0.25, -0.2) is 0 Å². The summed E-state index contributed by atoms with van der Waals surface area (Å²) in [6, 6.07) is 10.3. The molecule has 1 aromatic carbocycles. The third-order valence-corrected chi connectivity index (χ3v) is 2.92. The van der Waals surface area contributed by atoms with Crippen molar-refractivity contribution < 1.29 is 9.47 Å². The maximum Gasteiger partial charge on any atom is 0.0914 e. The molecule has 1 aromatic rings.